The van der Waals surface area contributed by atoms with Crippen LogP contribution in [0.3, 0.4) is 0 Å². The van der Waals surface area contributed by atoms with Gasteiger partial charge in [-0.3, -0.25) is 9.59 Å². The van der Waals surface area contributed by atoms with Gasteiger partial charge in [0.15, 0.2) is 0 Å². The lowest BCUT2D eigenvalue weighted by atomic mass is 9.77. The molecule has 1 aliphatic heterocycles. The van der Waals surface area contributed by atoms with Gasteiger partial charge < -0.3 is 4.90 Å². The molecule has 1 amide bonds. The Morgan fingerprint density at radius 2 is 1.85 bits per heavy atom. The van der Waals surface area contributed by atoms with Gasteiger partial charge in [-0.1, -0.05) is 20.8 Å². The zero-order chi connectivity index (χ0) is 14.8. The summed E-state index contributed by atoms with van der Waals surface area (Å²) >= 11 is 0. The van der Waals surface area contributed by atoms with E-state index in [9.17, 15) is 9.59 Å². The zero-order valence-corrected chi connectivity index (χ0v) is 13.3. The van der Waals surface area contributed by atoms with Gasteiger partial charge in [0.25, 0.3) is 0 Å². The molecule has 2 unspecified atom stereocenters. The van der Waals surface area contributed by atoms with Gasteiger partial charge in [0.05, 0.1) is 0 Å². The predicted molar refractivity (Wildman–Crippen MR) is 80.3 cm³/mol. The van der Waals surface area contributed by atoms with Gasteiger partial charge in [-0.2, -0.15) is 0 Å². The van der Waals surface area contributed by atoms with Crippen LogP contribution in [-0.2, 0) is 9.59 Å². The third kappa shape index (κ3) is 3.83. The fourth-order valence-electron chi connectivity index (χ4n) is 3.64. The molecule has 3 heteroatoms. The van der Waals surface area contributed by atoms with Crippen LogP contribution in [0.4, 0.5) is 0 Å². The number of Topliss-reactive ketones (excluding diaryl/α,β-unsaturated/α-hetero) is 1. The minimum atomic E-state index is 0.226. The molecule has 0 aromatic carbocycles. The van der Waals surface area contributed by atoms with Gasteiger partial charge in [-0.15, -0.1) is 0 Å². The molecular formula is C17H29NO2. The maximum absolute atomic E-state index is 12.2. The van der Waals surface area contributed by atoms with Gasteiger partial charge in [0.1, 0.15) is 5.78 Å². The lowest BCUT2D eigenvalue weighted by Crippen LogP contribution is -2.33. The standard InChI is InChI=1S/C17H29NO2/c1-17(2,3)14-7-8-16(20)18(12-10-14)11-9-13-5-4-6-15(13)19/h13-14H,4-12H2,1-3H3. The van der Waals surface area contributed by atoms with E-state index >= 15 is 0 Å². The van der Waals surface area contributed by atoms with E-state index < -0.39 is 0 Å². The summed E-state index contributed by atoms with van der Waals surface area (Å²) < 4.78 is 0. The number of amides is 1. The van der Waals surface area contributed by atoms with Crippen LogP contribution in [0, 0.1) is 17.3 Å². The summed E-state index contributed by atoms with van der Waals surface area (Å²) in [5.41, 5.74) is 0.289. The number of hydrogen-bond donors (Lipinski definition) is 0. The molecule has 2 fully saturated rings. The van der Waals surface area contributed by atoms with Crippen LogP contribution < -0.4 is 0 Å². The fourth-order valence-corrected chi connectivity index (χ4v) is 3.64. The monoisotopic (exact) mass is 279 g/mol. The largest absolute Gasteiger partial charge is 0.343 e. The Morgan fingerprint density at radius 1 is 1.10 bits per heavy atom. The van der Waals surface area contributed by atoms with Gasteiger partial charge in [0.2, 0.25) is 5.91 Å². The van der Waals surface area contributed by atoms with Crippen molar-refractivity contribution in [3.8, 4) is 0 Å². The van der Waals surface area contributed by atoms with Crippen LogP contribution in [0.15, 0.2) is 0 Å². The van der Waals surface area contributed by atoms with Crippen LogP contribution in [0.25, 0.3) is 0 Å². The molecule has 0 spiro atoms. The molecular weight excluding hydrogens is 250 g/mol. The molecule has 0 bridgehead atoms. The van der Waals surface area contributed by atoms with Crippen molar-refractivity contribution in [2.75, 3.05) is 13.1 Å². The first-order valence-corrected chi connectivity index (χ1v) is 8.18. The van der Waals surface area contributed by atoms with Crippen molar-refractivity contribution in [3.63, 3.8) is 0 Å². The summed E-state index contributed by atoms with van der Waals surface area (Å²) in [6.45, 7) is 8.48. The van der Waals surface area contributed by atoms with Crippen molar-refractivity contribution in [2.45, 2.75) is 65.7 Å². The van der Waals surface area contributed by atoms with E-state index in [1.54, 1.807) is 0 Å². The Kier molecular flexibility index (Phi) is 4.87. The summed E-state index contributed by atoms with van der Waals surface area (Å²) in [5.74, 6) is 1.57. The highest BCUT2D eigenvalue weighted by Crippen LogP contribution is 2.34. The van der Waals surface area contributed by atoms with Gasteiger partial charge >= 0.3 is 0 Å². The fraction of sp³-hybridized carbons (Fsp3) is 0.882. The summed E-state index contributed by atoms with van der Waals surface area (Å²) in [7, 11) is 0. The Hall–Kier alpha value is -0.860. The molecule has 1 saturated heterocycles. The number of ketones is 1. The number of nitrogens with zero attached hydrogens (tertiary/aromatic N) is 1. The first kappa shape index (κ1) is 15.5. The van der Waals surface area contributed by atoms with E-state index in [-0.39, 0.29) is 11.3 Å². The molecule has 3 nitrogen and oxygen atoms in total. The quantitative estimate of drug-likeness (QED) is 0.794. The topological polar surface area (TPSA) is 37.4 Å². The smallest absolute Gasteiger partial charge is 0.222 e. The average Bonchev–Trinajstić information content (AvgIpc) is 2.66. The third-order valence-corrected chi connectivity index (χ3v) is 5.21. The second-order valence-corrected chi connectivity index (χ2v) is 7.62. The number of carbonyl (C=O) groups is 2. The molecule has 2 aliphatic rings. The molecule has 2 atom stereocenters. The predicted octanol–water partition coefficient (Wildman–Crippen LogP) is 3.42. The van der Waals surface area contributed by atoms with E-state index in [4.69, 9.17) is 0 Å². The number of carbonyl (C=O) groups excluding carboxylic acids is 2. The van der Waals surface area contributed by atoms with E-state index in [0.717, 1.165) is 51.6 Å². The maximum Gasteiger partial charge on any atom is 0.222 e. The first-order chi connectivity index (χ1) is 9.38. The summed E-state index contributed by atoms with van der Waals surface area (Å²) in [6.07, 6.45) is 6.51. The lowest BCUT2D eigenvalue weighted by molar-refractivity contribution is -0.131. The molecule has 0 aromatic rings. The highest BCUT2D eigenvalue weighted by atomic mass is 16.2. The van der Waals surface area contributed by atoms with Crippen LogP contribution in [0.1, 0.15) is 65.7 Å². The molecule has 0 radical (unpaired) electrons. The van der Waals surface area contributed by atoms with E-state index in [0.29, 0.717) is 24.0 Å². The number of rotatable bonds is 3. The molecule has 2 rings (SSSR count). The summed E-state index contributed by atoms with van der Waals surface area (Å²) in [6, 6.07) is 0. The highest BCUT2D eigenvalue weighted by Gasteiger charge is 2.31. The van der Waals surface area contributed by atoms with E-state index in [1.165, 1.54) is 0 Å². The Labute approximate surface area is 123 Å². The van der Waals surface area contributed by atoms with Crippen LogP contribution in [0.5, 0.6) is 0 Å². The van der Waals surface area contributed by atoms with Crippen LogP contribution >= 0.6 is 0 Å². The molecule has 1 heterocycles. The molecule has 20 heavy (non-hydrogen) atoms. The van der Waals surface area contributed by atoms with Crippen molar-refractivity contribution >= 4 is 11.7 Å². The summed E-state index contributed by atoms with van der Waals surface area (Å²) in [5, 5.41) is 0. The van der Waals surface area contributed by atoms with E-state index in [1.807, 2.05) is 4.90 Å². The van der Waals surface area contributed by atoms with Crippen molar-refractivity contribution in [1.82, 2.24) is 4.90 Å². The van der Waals surface area contributed by atoms with Crippen molar-refractivity contribution in [1.29, 1.82) is 0 Å². The Balaban J connectivity index is 1.85. The van der Waals surface area contributed by atoms with E-state index in [2.05, 4.69) is 20.8 Å². The molecule has 0 aromatic heterocycles. The highest BCUT2D eigenvalue weighted by molar-refractivity contribution is 5.83. The Morgan fingerprint density at radius 3 is 2.45 bits per heavy atom. The van der Waals surface area contributed by atoms with Gasteiger partial charge in [-0.25, -0.2) is 0 Å². The number of hydrogen-bond acceptors (Lipinski definition) is 2. The minimum absolute atomic E-state index is 0.226. The first-order valence-electron chi connectivity index (χ1n) is 8.18. The van der Waals surface area contributed by atoms with Crippen molar-refractivity contribution < 1.29 is 9.59 Å². The van der Waals surface area contributed by atoms with Gasteiger partial charge in [0, 0.05) is 31.8 Å². The minimum Gasteiger partial charge on any atom is -0.343 e. The average molecular weight is 279 g/mol. The summed E-state index contributed by atoms with van der Waals surface area (Å²) in [4.78, 5) is 25.9. The molecule has 1 saturated carbocycles. The molecule has 0 N–H and O–H groups in total. The Bertz CT molecular complexity index is 370. The zero-order valence-electron chi connectivity index (χ0n) is 13.3. The maximum atomic E-state index is 12.2. The van der Waals surface area contributed by atoms with Crippen LogP contribution in [0.2, 0.25) is 0 Å². The van der Waals surface area contributed by atoms with Crippen molar-refractivity contribution in [3.05, 3.63) is 0 Å². The molecule has 1 aliphatic carbocycles. The SMILES string of the molecule is CC(C)(C)C1CCC(=O)N(CCC2CCCC2=O)CC1. The molecule has 114 valence electrons. The normalized spacial score (nSPS) is 28.9. The second-order valence-electron chi connectivity index (χ2n) is 7.62. The van der Waals surface area contributed by atoms with Crippen molar-refractivity contribution in [2.24, 2.45) is 17.3 Å². The second kappa shape index (κ2) is 6.28. The third-order valence-electron chi connectivity index (χ3n) is 5.21. The van der Waals surface area contributed by atoms with Gasteiger partial charge in [-0.05, 0) is 43.4 Å². The van der Waals surface area contributed by atoms with Crippen LogP contribution in [-0.4, -0.2) is 29.7 Å². The lowest BCUT2D eigenvalue weighted by Gasteiger charge is -2.29. The number of likely N-dealkylation sites (tertiary alicyclic amines) is 1.